The van der Waals surface area contributed by atoms with Crippen molar-refractivity contribution in [2.45, 2.75) is 46.3 Å². The summed E-state index contributed by atoms with van der Waals surface area (Å²) in [5, 5.41) is 0. The van der Waals surface area contributed by atoms with E-state index in [4.69, 9.17) is 9.15 Å². The maximum Gasteiger partial charge on any atom is 0.387 e. The highest BCUT2D eigenvalue weighted by Gasteiger charge is 2.17. The number of aromatic nitrogens is 2. The lowest BCUT2D eigenvalue weighted by atomic mass is 10.1. The summed E-state index contributed by atoms with van der Waals surface area (Å²) < 4.78 is 41.0. The molecule has 0 fully saturated rings. The van der Waals surface area contributed by atoms with E-state index < -0.39 is 6.61 Å². The SMILES string of the molecule is Cc1cccnc1CC(=O)Cc1coc(-c2ccc(OC(C)C)c(OC(F)F)c2)n1. The van der Waals surface area contributed by atoms with Crippen molar-refractivity contribution in [3.63, 3.8) is 0 Å². The maximum atomic E-state index is 12.8. The molecule has 0 spiro atoms. The molecule has 0 saturated heterocycles. The zero-order chi connectivity index (χ0) is 21.7. The van der Waals surface area contributed by atoms with E-state index in [1.165, 1.54) is 18.4 Å². The molecule has 6 nitrogen and oxygen atoms in total. The van der Waals surface area contributed by atoms with Gasteiger partial charge in [-0.1, -0.05) is 6.07 Å². The van der Waals surface area contributed by atoms with Crippen LogP contribution in [0.2, 0.25) is 0 Å². The van der Waals surface area contributed by atoms with Gasteiger partial charge in [0.2, 0.25) is 5.89 Å². The van der Waals surface area contributed by atoms with Gasteiger partial charge in [0.05, 0.1) is 23.9 Å². The zero-order valence-corrected chi connectivity index (χ0v) is 16.9. The first kappa shape index (κ1) is 21.4. The number of pyridine rings is 1. The molecule has 8 heteroatoms. The molecule has 0 N–H and O–H groups in total. The molecule has 30 heavy (non-hydrogen) atoms. The standard InChI is InChI=1S/C22H22F2N2O4/c1-13(2)29-19-7-6-15(9-20(19)30-22(23)24)21-26-16(12-28-21)10-17(27)11-18-14(3)5-4-8-25-18/h4-9,12-13,22H,10-11H2,1-3H3. The monoisotopic (exact) mass is 416 g/mol. The van der Waals surface area contributed by atoms with Crippen molar-refractivity contribution in [3.8, 4) is 23.0 Å². The van der Waals surface area contributed by atoms with Gasteiger partial charge in [-0.3, -0.25) is 9.78 Å². The Morgan fingerprint density at radius 2 is 1.93 bits per heavy atom. The van der Waals surface area contributed by atoms with Crippen molar-refractivity contribution < 1.29 is 27.5 Å². The average molecular weight is 416 g/mol. The summed E-state index contributed by atoms with van der Waals surface area (Å²) in [6.07, 6.45) is 3.09. The van der Waals surface area contributed by atoms with Gasteiger partial charge in [0, 0.05) is 18.2 Å². The lowest BCUT2D eigenvalue weighted by molar-refractivity contribution is -0.117. The van der Waals surface area contributed by atoms with Gasteiger partial charge in [0.1, 0.15) is 12.0 Å². The molecule has 0 amide bonds. The minimum Gasteiger partial charge on any atom is -0.487 e. The van der Waals surface area contributed by atoms with Crippen LogP contribution < -0.4 is 9.47 Å². The van der Waals surface area contributed by atoms with Crippen LogP contribution in [0.15, 0.2) is 47.2 Å². The molecule has 158 valence electrons. The number of ketones is 1. The van der Waals surface area contributed by atoms with Crippen LogP contribution >= 0.6 is 0 Å². The van der Waals surface area contributed by atoms with Crippen LogP contribution in [-0.4, -0.2) is 28.5 Å². The first-order chi connectivity index (χ1) is 14.3. The summed E-state index contributed by atoms with van der Waals surface area (Å²) in [7, 11) is 0. The van der Waals surface area contributed by atoms with E-state index in [-0.39, 0.29) is 42.1 Å². The van der Waals surface area contributed by atoms with Crippen molar-refractivity contribution in [1.82, 2.24) is 9.97 Å². The van der Waals surface area contributed by atoms with E-state index in [0.29, 0.717) is 11.3 Å². The Labute approximate surface area is 172 Å². The number of rotatable bonds is 9. The largest absolute Gasteiger partial charge is 0.487 e. The normalized spacial score (nSPS) is 11.2. The molecule has 0 saturated carbocycles. The van der Waals surface area contributed by atoms with Crippen molar-refractivity contribution in [2.24, 2.45) is 0 Å². The molecule has 0 unspecified atom stereocenters. The molecule has 0 atom stereocenters. The second kappa shape index (κ2) is 9.47. The third-order valence-corrected chi connectivity index (χ3v) is 4.18. The lowest BCUT2D eigenvalue weighted by Gasteiger charge is -2.15. The molecule has 2 heterocycles. The molecule has 0 aliphatic rings. The minimum atomic E-state index is -3.00. The summed E-state index contributed by atoms with van der Waals surface area (Å²) in [4.78, 5) is 20.9. The Bertz CT molecular complexity index is 1020. The van der Waals surface area contributed by atoms with E-state index in [9.17, 15) is 13.6 Å². The topological polar surface area (TPSA) is 74.5 Å². The fraction of sp³-hybridized carbons (Fsp3) is 0.318. The van der Waals surface area contributed by atoms with Crippen molar-refractivity contribution in [2.75, 3.05) is 0 Å². The van der Waals surface area contributed by atoms with Crippen LogP contribution in [0, 0.1) is 6.92 Å². The van der Waals surface area contributed by atoms with Crippen molar-refractivity contribution in [1.29, 1.82) is 0 Å². The van der Waals surface area contributed by atoms with Gasteiger partial charge in [-0.15, -0.1) is 0 Å². The van der Waals surface area contributed by atoms with Crippen LogP contribution in [0.25, 0.3) is 11.5 Å². The fourth-order valence-electron chi connectivity index (χ4n) is 2.86. The first-order valence-corrected chi connectivity index (χ1v) is 9.44. The smallest absolute Gasteiger partial charge is 0.387 e. The fourth-order valence-corrected chi connectivity index (χ4v) is 2.86. The number of carbonyl (C=O) groups is 1. The predicted molar refractivity (Wildman–Crippen MR) is 106 cm³/mol. The van der Waals surface area contributed by atoms with E-state index >= 15 is 0 Å². The van der Waals surface area contributed by atoms with Gasteiger partial charge >= 0.3 is 6.61 Å². The molecule has 3 rings (SSSR count). The molecular weight excluding hydrogens is 394 g/mol. The Balaban J connectivity index is 1.74. The summed E-state index contributed by atoms with van der Waals surface area (Å²) in [6.45, 7) is 2.46. The van der Waals surface area contributed by atoms with Gasteiger partial charge in [-0.2, -0.15) is 8.78 Å². The van der Waals surface area contributed by atoms with Gasteiger partial charge < -0.3 is 13.9 Å². The Morgan fingerprint density at radius 1 is 1.13 bits per heavy atom. The van der Waals surface area contributed by atoms with Crippen LogP contribution in [0.4, 0.5) is 8.78 Å². The van der Waals surface area contributed by atoms with E-state index in [2.05, 4.69) is 14.7 Å². The molecule has 3 aromatic rings. The highest BCUT2D eigenvalue weighted by atomic mass is 19.3. The molecule has 2 aromatic heterocycles. The number of halogens is 2. The quantitative estimate of drug-likeness (QED) is 0.499. The zero-order valence-electron chi connectivity index (χ0n) is 16.9. The van der Waals surface area contributed by atoms with Crippen LogP contribution in [-0.2, 0) is 17.6 Å². The highest BCUT2D eigenvalue weighted by molar-refractivity contribution is 5.82. The second-order valence-electron chi connectivity index (χ2n) is 7.01. The van der Waals surface area contributed by atoms with Crippen LogP contribution in [0.1, 0.15) is 30.8 Å². The number of alkyl halides is 2. The summed E-state index contributed by atoms with van der Waals surface area (Å²) >= 11 is 0. The van der Waals surface area contributed by atoms with Gasteiger partial charge in [0.15, 0.2) is 11.5 Å². The molecule has 0 radical (unpaired) electrons. The first-order valence-electron chi connectivity index (χ1n) is 9.44. The van der Waals surface area contributed by atoms with Gasteiger partial charge in [0.25, 0.3) is 0 Å². The van der Waals surface area contributed by atoms with Crippen molar-refractivity contribution in [3.05, 3.63) is 59.7 Å². The third kappa shape index (κ3) is 5.62. The van der Waals surface area contributed by atoms with Gasteiger partial charge in [-0.25, -0.2) is 4.98 Å². The van der Waals surface area contributed by atoms with Crippen LogP contribution in [0.5, 0.6) is 11.5 Å². The third-order valence-electron chi connectivity index (χ3n) is 4.18. The number of hydrogen-bond acceptors (Lipinski definition) is 6. The van der Waals surface area contributed by atoms with E-state index in [0.717, 1.165) is 11.3 Å². The number of benzene rings is 1. The Kier molecular flexibility index (Phi) is 6.76. The Morgan fingerprint density at radius 3 is 2.63 bits per heavy atom. The van der Waals surface area contributed by atoms with Crippen molar-refractivity contribution >= 4 is 5.78 Å². The number of aryl methyl sites for hydroxylation is 1. The maximum absolute atomic E-state index is 12.8. The molecule has 0 aliphatic heterocycles. The number of hydrogen-bond donors (Lipinski definition) is 0. The second-order valence-corrected chi connectivity index (χ2v) is 7.01. The summed E-state index contributed by atoms with van der Waals surface area (Å²) in [6, 6.07) is 8.24. The summed E-state index contributed by atoms with van der Waals surface area (Å²) in [5.41, 5.74) is 2.55. The Hall–Kier alpha value is -3.29. The van der Waals surface area contributed by atoms with E-state index in [1.54, 1.807) is 26.1 Å². The molecule has 0 aliphatic carbocycles. The molecule has 0 bridgehead atoms. The molecule has 1 aromatic carbocycles. The van der Waals surface area contributed by atoms with E-state index in [1.807, 2.05) is 19.1 Å². The average Bonchev–Trinajstić information content (AvgIpc) is 3.12. The van der Waals surface area contributed by atoms with Gasteiger partial charge in [-0.05, 0) is 50.6 Å². The number of nitrogens with zero attached hydrogens (tertiary/aromatic N) is 2. The lowest BCUT2D eigenvalue weighted by Crippen LogP contribution is -2.09. The summed E-state index contributed by atoms with van der Waals surface area (Å²) in [5.74, 6) is 0.223. The van der Waals surface area contributed by atoms with Crippen LogP contribution in [0.3, 0.4) is 0 Å². The minimum absolute atomic E-state index is 0.0564. The number of ether oxygens (including phenoxy) is 2. The number of oxazole rings is 1. The molecular formula is C22H22F2N2O4. The predicted octanol–water partition coefficient (Wildman–Crippen LogP) is 4.79. The highest BCUT2D eigenvalue weighted by Crippen LogP contribution is 2.34. The number of carbonyl (C=O) groups excluding carboxylic acids is 1. The number of Topliss-reactive ketones (excluding diaryl/α,β-unsaturated/α-hetero) is 1.